The predicted molar refractivity (Wildman–Crippen MR) is 79.1 cm³/mol. The van der Waals surface area contributed by atoms with E-state index in [0.717, 1.165) is 12.8 Å². The van der Waals surface area contributed by atoms with Gasteiger partial charge in [-0.3, -0.25) is 0 Å². The van der Waals surface area contributed by atoms with Crippen molar-refractivity contribution in [2.24, 2.45) is 0 Å². The Bertz CT molecular complexity index is 308. The van der Waals surface area contributed by atoms with Crippen molar-refractivity contribution in [1.82, 2.24) is 0 Å². The van der Waals surface area contributed by atoms with Crippen LogP contribution in [0.1, 0.15) is 51.4 Å². The molecule has 0 N–H and O–H groups in total. The highest BCUT2D eigenvalue weighted by atomic mass is 28.3. The topological polar surface area (TPSA) is 27.7 Å². The summed E-state index contributed by atoms with van der Waals surface area (Å²) in [6.07, 6.45) is 14.8. The van der Waals surface area contributed by atoms with Gasteiger partial charge in [0, 0.05) is 14.2 Å². The molecular formula is C15H26O3Si. The first kappa shape index (κ1) is 15.0. The number of allylic oxidation sites excluding steroid dienone is 2. The molecule has 0 heterocycles. The fourth-order valence-corrected chi connectivity index (χ4v) is 3.92. The molecule has 2 rings (SSSR count). The molecule has 0 amide bonds. The SMILES string of the molecule is CO[SiH](OC)OC(C1=CCCCC1)C1=CCCCC1. The first-order valence-electron chi connectivity index (χ1n) is 7.44. The van der Waals surface area contributed by atoms with Gasteiger partial charge in [-0.1, -0.05) is 12.2 Å². The van der Waals surface area contributed by atoms with Crippen LogP contribution in [0.5, 0.6) is 0 Å². The van der Waals surface area contributed by atoms with Crippen molar-refractivity contribution < 1.29 is 13.3 Å². The lowest BCUT2D eigenvalue weighted by Crippen LogP contribution is -2.33. The average Bonchev–Trinajstić information content (AvgIpc) is 2.50. The lowest BCUT2D eigenvalue weighted by Gasteiger charge is -2.29. The Balaban J connectivity index is 2.11. The van der Waals surface area contributed by atoms with Gasteiger partial charge in [-0.2, -0.15) is 0 Å². The molecule has 0 radical (unpaired) electrons. The van der Waals surface area contributed by atoms with Gasteiger partial charge in [-0.25, -0.2) is 0 Å². The number of hydrogen-bond donors (Lipinski definition) is 0. The van der Waals surface area contributed by atoms with Crippen molar-refractivity contribution in [3.8, 4) is 0 Å². The monoisotopic (exact) mass is 282 g/mol. The van der Waals surface area contributed by atoms with Crippen molar-refractivity contribution in [1.29, 1.82) is 0 Å². The summed E-state index contributed by atoms with van der Waals surface area (Å²) in [5.41, 5.74) is 2.90. The lowest BCUT2D eigenvalue weighted by molar-refractivity contribution is 0.112. The Morgan fingerprint density at radius 2 is 1.42 bits per heavy atom. The van der Waals surface area contributed by atoms with E-state index in [1.165, 1.54) is 49.7 Å². The molecule has 4 heteroatoms. The van der Waals surface area contributed by atoms with E-state index >= 15 is 0 Å². The van der Waals surface area contributed by atoms with Crippen LogP contribution in [0.4, 0.5) is 0 Å². The molecule has 0 bridgehead atoms. The smallest absolute Gasteiger partial charge is 0.379 e. The van der Waals surface area contributed by atoms with E-state index in [4.69, 9.17) is 13.3 Å². The molecule has 0 unspecified atom stereocenters. The van der Waals surface area contributed by atoms with Gasteiger partial charge in [-0.15, -0.1) is 0 Å². The van der Waals surface area contributed by atoms with E-state index < -0.39 is 9.53 Å². The molecule has 108 valence electrons. The zero-order valence-corrected chi connectivity index (χ0v) is 13.3. The van der Waals surface area contributed by atoms with E-state index in [1.807, 2.05) is 0 Å². The summed E-state index contributed by atoms with van der Waals surface area (Å²) in [4.78, 5) is 0. The van der Waals surface area contributed by atoms with Crippen LogP contribution in [-0.2, 0) is 13.3 Å². The molecular weight excluding hydrogens is 256 g/mol. The summed E-state index contributed by atoms with van der Waals surface area (Å²) in [6, 6.07) is 0. The molecule has 0 atom stereocenters. The molecule has 0 fully saturated rings. The van der Waals surface area contributed by atoms with Crippen LogP contribution in [0.2, 0.25) is 0 Å². The summed E-state index contributed by atoms with van der Waals surface area (Å²) < 4.78 is 16.9. The second-order valence-corrected chi connectivity index (χ2v) is 7.12. The molecule has 0 aromatic carbocycles. The molecule has 19 heavy (non-hydrogen) atoms. The van der Waals surface area contributed by atoms with Crippen LogP contribution < -0.4 is 0 Å². The minimum Gasteiger partial charge on any atom is -0.379 e. The van der Waals surface area contributed by atoms with Crippen LogP contribution in [0, 0.1) is 0 Å². The molecule has 2 aliphatic carbocycles. The molecule has 3 nitrogen and oxygen atoms in total. The van der Waals surface area contributed by atoms with Crippen LogP contribution in [0.3, 0.4) is 0 Å². The first-order valence-corrected chi connectivity index (χ1v) is 8.85. The third-order valence-electron chi connectivity index (χ3n) is 3.96. The molecule has 2 aliphatic rings. The second-order valence-electron chi connectivity index (χ2n) is 5.33. The molecule has 0 aliphatic heterocycles. The maximum atomic E-state index is 6.19. The van der Waals surface area contributed by atoms with Crippen LogP contribution in [-0.4, -0.2) is 29.9 Å². The van der Waals surface area contributed by atoms with E-state index in [-0.39, 0.29) is 6.10 Å². The highest BCUT2D eigenvalue weighted by Crippen LogP contribution is 2.31. The third kappa shape index (κ3) is 4.28. The summed E-state index contributed by atoms with van der Waals surface area (Å²) in [6.45, 7) is 0. The van der Waals surface area contributed by atoms with Gasteiger partial charge < -0.3 is 13.3 Å². The zero-order chi connectivity index (χ0) is 13.5. The van der Waals surface area contributed by atoms with Gasteiger partial charge in [0.15, 0.2) is 0 Å². The molecule has 0 aromatic heterocycles. The van der Waals surface area contributed by atoms with Crippen LogP contribution in [0.15, 0.2) is 23.3 Å². The van der Waals surface area contributed by atoms with Crippen molar-refractivity contribution in [3.05, 3.63) is 23.3 Å². The van der Waals surface area contributed by atoms with Crippen molar-refractivity contribution >= 4 is 9.53 Å². The Kier molecular flexibility index (Phi) is 6.30. The zero-order valence-electron chi connectivity index (χ0n) is 12.2. The van der Waals surface area contributed by atoms with Gasteiger partial charge in [0.1, 0.15) is 0 Å². The Morgan fingerprint density at radius 3 is 1.79 bits per heavy atom. The second kappa shape index (κ2) is 8.00. The fraction of sp³-hybridized carbons (Fsp3) is 0.733. The number of rotatable bonds is 6. The van der Waals surface area contributed by atoms with Crippen molar-refractivity contribution in [2.75, 3.05) is 14.2 Å². The Labute approximate surface area is 118 Å². The van der Waals surface area contributed by atoms with Crippen molar-refractivity contribution in [3.63, 3.8) is 0 Å². The molecule has 0 spiro atoms. The largest absolute Gasteiger partial charge is 0.484 e. The van der Waals surface area contributed by atoms with E-state index in [9.17, 15) is 0 Å². The Hall–Kier alpha value is -0.423. The average molecular weight is 282 g/mol. The highest BCUT2D eigenvalue weighted by molar-refractivity contribution is 6.36. The highest BCUT2D eigenvalue weighted by Gasteiger charge is 2.26. The summed E-state index contributed by atoms with van der Waals surface area (Å²) in [5.74, 6) is 0. The van der Waals surface area contributed by atoms with Gasteiger partial charge in [0.25, 0.3) is 0 Å². The fourth-order valence-electron chi connectivity index (χ4n) is 2.93. The van der Waals surface area contributed by atoms with Crippen LogP contribution in [0.25, 0.3) is 0 Å². The van der Waals surface area contributed by atoms with Gasteiger partial charge in [0.05, 0.1) is 6.10 Å². The van der Waals surface area contributed by atoms with Gasteiger partial charge in [0.2, 0.25) is 0 Å². The van der Waals surface area contributed by atoms with Gasteiger partial charge in [-0.05, 0) is 62.5 Å². The maximum Gasteiger partial charge on any atom is 0.484 e. The predicted octanol–water partition coefficient (Wildman–Crippen LogP) is 3.38. The summed E-state index contributed by atoms with van der Waals surface area (Å²) in [7, 11) is 1.39. The van der Waals surface area contributed by atoms with E-state index in [2.05, 4.69) is 12.2 Å². The summed E-state index contributed by atoms with van der Waals surface area (Å²) in [5, 5.41) is 0. The van der Waals surface area contributed by atoms with E-state index in [0.29, 0.717) is 0 Å². The molecule has 0 saturated carbocycles. The third-order valence-corrected chi connectivity index (χ3v) is 5.22. The lowest BCUT2D eigenvalue weighted by atomic mass is 9.87. The molecule has 0 saturated heterocycles. The molecule has 0 aromatic rings. The van der Waals surface area contributed by atoms with Crippen molar-refractivity contribution in [2.45, 2.75) is 57.5 Å². The standard InChI is InChI=1S/C15H26O3Si/c1-16-19(17-2)18-15(13-9-5-3-6-10-13)14-11-7-4-8-12-14/h9,11,15,19H,3-8,10,12H2,1-2H3. The van der Waals surface area contributed by atoms with E-state index in [1.54, 1.807) is 14.2 Å². The minimum absolute atomic E-state index is 0.122. The van der Waals surface area contributed by atoms with Gasteiger partial charge >= 0.3 is 9.53 Å². The van der Waals surface area contributed by atoms with Crippen LogP contribution >= 0.6 is 0 Å². The number of hydrogen-bond acceptors (Lipinski definition) is 3. The summed E-state index contributed by atoms with van der Waals surface area (Å²) >= 11 is 0. The first-order chi connectivity index (χ1) is 9.35. The quantitative estimate of drug-likeness (QED) is 0.552. The maximum absolute atomic E-state index is 6.19. The Morgan fingerprint density at radius 1 is 0.895 bits per heavy atom. The minimum atomic E-state index is -1.97. The normalized spacial score (nSPS) is 20.6.